The summed E-state index contributed by atoms with van der Waals surface area (Å²) >= 11 is 0. The molecule has 1 aromatic carbocycles. The highest BCUT2D eigenvalue weighted by Crippen LogP contribution is 2.30. The first-order valence-corrected chi connectivity index (χ1v) is 6.99. The lowest BCUT2D eigenvalue weighted by molar-refractivity contribution is 0.0958. The van der Waals surface area contributed by atoms with Crippen LogP contribution in [0.25, 0.3) is 0 Å². The van der Waals surface area contributed by atoms with Gasteiger partial charge in [0.2, 0.25) is 0 Å². The van der Waals surface area contributed by atoms with Crippen molar-refractivity contribution >= 4 is 0 Å². The quantitative estimate of drug-likeness (QED) is 0.888. The number of hydrogen-bond acceptors (Lipinski definition) is 5. The minimum Gasteiger partial charge on any atom is -0.493 e. The van der Waals surface area contributed by atoms with Crippen LogP contribution in [0, 0.1) is 11.7 Å². The van der Waals surface area contributed by atoms with Crippen molar-refractivity contribution in [2.75, 3.05) is 47.1 Å². The highest BCUT2D eigenvalue weighted by atomic mass is 19.1. The fraction of sp³-hybridized carbons (Fsp3) is 0.600. The highest BCUT2D eigenvalue weighted by molar-refractivity contribution is 5.43. The minimum atomic E-state index is -0.321. The van der Waals surface area contributed by atoms with Gasteiger partial charge in [0.15, 0.2) is 11.5 Å². The van der Waals surface area contributed by atoms with E-state index in [9.17, 15) is 9.50 Å². The molecule has 0 spiro atoms. The summed E-state index contributed by atoms with van der Waals surface area (Å²) in [5.74, 6) is 0.638. The van der Waals surface area contributed by atoms with Crippen LogP contribution in [-0.2, 0) is 11.3 Å². The van der Waals surface area contributed by atoms with Crippen molar-refractivity contribution in [2.24, 2.45) is 5.92 Å². The molecule has 0 aromatic heterocycles. The zero-order chi connectivity index (χ0) is 15.2. The summed E-state index contributed by atoms with van der Waals surface area (Å²) in [5.41, 5.74) is 0.547. The number of aliphatic hydroxyl groups is 1. The molecule has 1 unspecified atom stereocenters. The van der Waals surface area contributed by atoms with Gasteiger partial charge in [-0.25, -0.2) is 4.39 Å². The van der Waals surface area contributed by atoms with Gasteiger partial charge in [-0.3, -0.25) is 4.90 Å². The van der Waals surface area contributed by atoms with E-state index in [1.807, 2.05) is 0 Å². The van der Waals surface area contributed by atoms with Crippen molar-refractivity contribution in [2.45, 2.75) is 6.54 Å². The van der Waals surface area contributed by atoms with Crippen LogP contribution < -0.4 is 9.47 Å². The summed E-state index contributed by atoms with van der Waals surface area (Å²) in [7, 11) is 3.01. The van der Waals surface area contributed by atoms with Crippen molar-refractivity contribution in [3.8, 4) is 11.5 Å². The van der Waals surface area contributed by atoms with E-state index < -0.39 is 0 Å². The number of nitrogens with zero attached hydrogens (tertiary/aromatic N) is 1. The number of hydrogen-bond donors (Lipinski definition) is 1. The zero-order valence-corrected chi connectivity index (χ0v) is 12.5. The molecule has 0 saturated carbocycles. The maximum Gasteiger partial charge on any atom is 0.163 e. The minimum absolute atomic E-state index is 0.0655. The van der Waals surface area contributed by atoms with Gasteiger partial charge in [0, 0.05) is 43.8 Å². The molecule has 1 heterocycles. The third-order valence-electron chi connectivity index (χ3n) is 3.63. The Kier molecular flexibility index (Phi) is 5.78. The van der Waals surface area contributed by atoms with Gasteiger partial charge in [-0.1, -0.05) is 0 Å². The van der Waals surface area contributed by atoms with Crippen molar-refractivity contribution < 1.29 is 23.7 Å². The van der Waals surface area contributed by atoms with Gasteiger partial charge in [-0.05, 0) is 6.07 Å². The first-order valence-electron chi connectivity index (χ1n) is 6.99. The van der Waals surface area contributed by atoms with Gasteiger partial charge < -0.3 is 19.3 Å². The molecule has 21 heavy (non-hydrogen) atoms. The van der Waals surface area contributed by atoms with Crippen molar-refractivity contribution in [3.05, 3.63) is 23.5 Å². The molecule has 0 bridgehead atoms. The van der Waals surface area contributed by atoms with Gasteiger partial charge in [-0.15, -0.1) is 0 Å². The van der Waals surface area contributed by atoms with E-state index in [0.29, 0.717) is 49.9 Å². The average molecular weight is 299 g/mol. The van der Waals surface area contributed by atoms with E-state index in [1.54, 1.807) is 6.07 Å². The summed E-state index contributed by atoms with van der Waals surface area (Å²) in [6.07, 6.45) is 0. The fourth-order valence-electron chi connectivity index (χ4n) is 2.47. The number of methoxy groups -OCH3 is 2. The van der Waals surface area contributed by atoms with E-state index in [-0.39, 0.29) is 18.3 Å². The summed E-state index contributed by atoms with van der Waals surface area (Å²) in [5, 5.41) is 9.29. The molecule has 1 aliphatic rings. The molecule has 118 valence electrons. The number of rotatable bonds is 5. The van der Waals surface area contributed by atoms with Gasteiger partial charge in [0.25, 0.3) is 0 Å². The van der Waals surface area contributed by atoms with Crippen molar-refractivity contribution in [3.63, 3.8) is 0 Å². The van der Waals surface area contributed by atoms with Crippen LogP contribution in [0.1, 0.15) is 5.56 Å². The topological polar surface area (TPSA) is 51.2 Å². The first-order chi connectivity index (χ1) is 10.2. The van der Waals surface area contributed by atoms with E-state index >= 15 is 0 Å². The fourth-order valence-corrected chi connectivity index (χ4v) is 2.47. The molecule has 2 rings (SSSR count). The predicted molar refractivity (Wildman–Crippen MR) is 76.2 cm³/mol. The second-order valence-corrected chi connectivity index (χ2v) is 5.16. The second-order valence-electron chi connectivity index (χ2n) is 5.16. The maximum atomic E-state index is 14.1. The van der Waals surface area contributed by atoms with Crippen LogP contribution in [0.4, 0.5) is 4.39 Å². The summed E-state index contributed by atoms with van der Waals surface area (Å²) < 4.78 is 29.9. The lowest BCUT2D eigenvalue weighted by Crippen LogP contribution is -2.31. The summed E-state index contributed by atoms with van der Waals surface area (Å²) in [6.45, 7) is 3.05. The Morgan fingerprint density at radius 3 is 2.71 bits per heavy atom. The Balaban J connectivity index is 2.14. The molecule has 1 N–H and O–H groups in total. The Hall–Kier alpha value is -1.37. The standard InChI is InChI=1S/C15H22FNO4/c1-19-14-5-12(13(16)6-15(14)20-2)8-17-3-4-21-10-11(7-17)9-18/h5-6,11,18H,3-4,7-10H2,1-2H3. The Labute approximate surface area is 124 Å². The maximum absolute atomic E-state index is 14.1. The SMILES string of the molecule is COc1cc(F)c(CN2CCOCC(CO)C2)cc1OC. The van der Waals surface area contributed by atoms with E-state index in [0.717, 1.165) is 0 Å². The largest absolute Gasteiger partial charge is 0.493 e. The van der Waals surface area contributed by atoms with Crippen LogP contribution in [-0.4, -0.2) is 57.1 Å². The number of aliphatic hydroxyl groups excluding tert-OH is 1. The number of benzene rings is 1. The summed E-state index contributed by atoms with van der Waals surface area (Å²) in [6, 6.07) is 3.00. The van der Waals surface area contributed by atoms with E-state index in [1.165, 1.54) is 20.3 Å². The van der Waals surface area contributed by atoms with Crippen LogP contribution >= 0.6 is 0 Å². The molecule has 6 heteroatoms. The third kappa shape index (κ3) is 4.06. The monoisotopic (exact) mass is 299 g/mol. The van der Waals surface area contributed by atoms with Crippen LogP contribution in [0.15, 0.2) is 12.1 Å². The van der Waals surface area contributed by atoms with Crippen molar-refractivity contribution in [1.29, 1.82) is 0 Å². The van der Waals surface area contributed by atoms with Crippen molar-refractivity contribution in [1.82, 2.24) is 4.90 Å². The number of halogens is 1. The Morgan fingerprint density at radius 2 is 2.05 bits per heavy atom. The van der Waals surface area contributed by atoms with Crippen LogP contribution in [0.2, 0.25) is 0 Å². The second kappa shape index (κ2) is 7.59. The number of ether oxygens (including phenoxy) is 3. The van der Waals surface area contributed by atoms with E-state index in [2.05, 4.69) is 4.90 Å². The molecule has 0 aliphatic carbocycles. The van der Waals surface area contributed by atoms with E-state index in [4.69, 9.17) is 14.2 Å². The lowest BCUT2D eigenvalue weighted by Gasteiger charge is -2.23. The molecule has 1 fully saturated rings. The molecule has 0 amide bonds. The van der Waals surface area contributed by atoms with Crippen LogP contribution in [0.3, 0.4) is 0 Å². The Morgan fingerprint density at radius 1 is 1.33 bits per heavy atom. The smallest absolute Gasteiger partial charge is 0.163 e. The molecule has 1 saturated heterocycles. The zero-order valence-electron chi connectivity index (χ0n) is 12.5. The third-order valence-corrected chi connectivity index (χ3v) is 3.63. The van der Waals surface area contributed by atoms with Gasteiger partial charge in [0.1, 0.15) is 5.82 Å². The Bertz CT molecular complexity index is 469. The molecular formula is C15H22FNO4. The molecule has 1 aromatic rings. The first kappa shape index (κ1) is 16.0. The lowest BCUT2D eigenvalue weighted by atomic mass is 10.1. The van der Waals surface area contributed by atoms with Gasteiger partial charge >= 0.3 is 0 Å². The molecule has 0 radical (unpaired) electrons. The predicted octanol–water partition coefficient (Wildman–Crippen LogP) is 1.28. The normalized spacial score (nSPS) is 20.1. The molecule has 1 atom stereocenters. The molecular weight excluding hydrogens is 277 g/mol. The summed E-state index contributed by atoms with van der Waals surface area (Å²) in [4.78, 5) is 2.08. The van der Waals surface area contributed by atoms with Gasteiger partial charge in [-0.2, -0.15) is 0 Å². The molecule has 5 nitrogen and oxygen atoms in total. The van der Waals surface area contributed by atoms with Gasteiger partial charge in [0.05, 0.1) is 27.4 Å². The highest BCUT2D eigenvalue weighted by Gasteiger charge is 2.20. The molecule has 1 aliphatic heterocycles. The average Bonchev–Trinajstić information content (AvgIpc) is 2.73. The van der Waals surface area contributed by atoms with Crippen LogP contribution in [0.5, 0.6) is 11.5 Å².